The molecule has 3 atom stereocenters. The molecule has 0 saturated carbocycles. The molecule has 0 amide bonds. The van der Waals surface area contributed by atoms with E-state index in [-0.39, 0.29) is 17.1 Å². The van der Waals surface area contributed by atoms with Crippen molar-refractivity contribution in [3.05, 3.63) is 30.1 Å². The van der Waals surface area contributed by atoms with Gasteiger partial charge < -0.3 is 14.6 Å². The van der Waals surface area contributed by atoms with E-state index in [4.69, 9.17) is 9.47 Å². The van der Waals surface area contributed by atoms with Crippen molar-refractivity contribution in [2.24, 2.45) is 5.92 Å². The van der Waals surface area contributed by atoms with Crippen molar-refractivity contribution in [3.8, 4) is 0 Å². The smallest absolute Gasteiger partial charge is 0.240 e. The fraction of sp³-hybridized carbons (Fsp3) is 0.667. The van der Waals surface area contributed by atoms with Gasteiger partial charge in [0, 0.05) is 6.42 Å². The van der Waals surface area contributed by atoms with Crippen LogP contribution in [0.5, 0.6) is 0 Å². The molecule has 1 aromatic rings. The minimum atomic E-state index is -3.86. The average Bonchev–Trinajstić information content (AvgIpc) is 2.65. The fourth-order valence-electron chi connectivity index (χ4n) is 2.88. The first-order valence-electron chi connectivity index (χ1n) is 9.02. The third kappa shape index (κ3) is 5.99. The first-order chi connectivity index (χ1) is 12.3. The van der Waals surface area contributed by atoms with Crippen molar-refractivity contribution in [2.75, 3.05) is 13.2 Å². The molecule has 1 heterocycles. The van der Waals surface area contributed by atoms with Gasteiger partial charge in [0.25, 0.3) is 0 Å². The second-order valence-corrected chi connectivity index (χ2v) is 8.37. The van der Waals surface area contributed by atoms with E-state index >= 15 is 0 Å². The van der Waals surface area contributed by atoms with Crippen LogP contribution < -0.4 is 4.72 Å². The highest BCUT2D eigenvalue weighted by Gasteiger charge is 2.30. The Bertz CT molecular complexity index is 646. The number of hydrogen-bond donors (Lipinski definition) is 2. The Balaban J connectivity index is 2.04. The van der Waals surface area contributed by atoms with Crippen molar-refractivity contribution in [3.63, 3.8) is 0 Å². The molecular formula is C18H28FNO5S. The van der Waals surface area contributed by atoms with Gasteiger partial charge in [-0.2, -0.15) is 0 Å². The molecule has 1 aliphatic rings. The van der Waals surface area contributed by atoms with Crippen LogP contribution in [0.1, 0.15) is 39.5 Å². The van der Waals surface area contributed by atoms with Gasteiger partial charge in [0.15, 0.2) is 6.29 Å². The summed E-state index contributed by atoms with van der Waals surface area (Å²) in [4.78, 5) is -0.0293. The molecule has 6 nitrogen and oxygen atoms in total. The molecule has 1 unspecified atom stereocenters. The summed E-state index contributed by atoms with van der Waals surface area (Å²) in [6, 6.07) is 3.96. The van der Waals surface area contributed by atoms with Crippen LogP contribution in [0.3, 0.4) is 0 Å². The van der Waals surface area contributed by atoms with Gasteiger partial charge in [-0.3, -0.25) is 0 Å². The number of sulfonamides is 1. The van der Waals surface area contributed by atoms with Gasteiger partial charge in [-0.15, -0.1) is 0 Å². The molecule has 8 heteroatoms. The molecule has 2 N–H and O–H groups in total. The zero-order valence-corrected chi connectivity index (χ0v) is 16.0. The van der Waals surface area contributed by atoms with Gasteiger partial charge in [0.05, 0.1) is 30.3 Å². The number of nitrogens with one attached hydrogen (secondary N) is 1. The second kappa shape index (κ2) is 9.75. The summed E-state index contributed by atoms with van der Waals surface area (Å²) in [5.74, 6) is -0.580. The largest absolute Gasteiger partial charge is 0.391 e. The second-order valence-electron chi connectivity index (χ2n) is 6.66. The Morgan fingerprint density at radius 3 is 2.46 bits per heavy atom. The molecule has 0 aliphatic carbocycles. The number of benzene rings is 1. The average molecular weight is 389 g/mol. The summed E-state index contributed by atoms with van der Waals surface area (Å²) in [7, 11) is -3.86. The van der Waals surface area contributed by atoms with Crippen molar-refractivity contribution in [2.45, 2.75) is 62.9 Å². The van der Waals surface area contributed by atoms with E-state index in [2.05, 4.69) is 4.72 Å². The molecule has 0 bridgehead atoms. The highest BCUT2D eigenvalue weighted by atomic mass is 32.2. The first-order valence-corrected chi connectivity index (χ1v) is 10.5. The Kier molecular flexibility index (Phi) is 7.97. The van der Waals surface area contributed by atoms with Gasteiger partial charge in [-0.25, -0.2) is 17.5 Å². The quantitative estimate of drug-likeness (QED) is 0.678. The molecule has 0 aromatic heterocycles. The minimum absolute atomic E-state index is 0.0293. The molecule has 26 heavy (non-hydrogen) atoms. The van der Waals surface area contributed by atoms with Crippen molar-refractivity contribution in [1.82, 2.24) is 4.72 Å². The zero-order chi connectivity index (χ0) is 19.2. The van der Waals surface area contributed by atoms with Crippen molar-refractivity contribution < 1.29 is 27.4 Å². The minimum Gasteiger partial charge on any atom is -0.391 e. The van der Waals surface area contributed by atoms with Crippen LogP contribution >= 0.6 is 0 Å². The third-order valence-corrected chi connectivity index (χ3v) is 6.16. The first kappa shape index (κ1) is 21.2. The number of ether oxygens (including phenoxy) is 2. The normalized spacial score (nSPS) is 19.8. The standard InChI is InChI=1S/C18H28FNO5S/c1-3-13(2)18(16(21)9-10-17-24-11-4-12-25-17)20-26(22,23)15-7-5-14(19)6-8-15/h5-8,13,16-18,20-21H,3-4,9-12H2,1-2H3/t13-,16?,18-/m0/s1. The molecule has 148 valence electrons. The SMILES string of the molecule is CC[C@H](C)[C@H](NS(=O)(=O)c1ccc(F)cc1)C(O)CCC1OCCCO1. The van der Waals surface area contributed by atoms with E-state index < -0.39 is 28.0 Å². The summed E-state index contributed by atoms with van der Waals surface area (Å²) < 4.78 is 51.8. The fourth-order valence-corrected chi connectivity index (χ4v) is 4.26. The molecular weight excluding hydrogens is 361 g/mol. The number of rotatable bonds is 9. The van der Waals surface area contributed by atoms with Crippen LogP contribution in [0, 0.1) is 11.7 Å². The molecule has 1 saturated heterocycles. The zero-order valence-electron chi connectivity index (χ0n) is 15.2. The molecule has 1 aliphatic heterocycles. The summed E-state index contributed by atoms with van der Waals surface area (Å²) in [6.07, 6.45) is 1.16. The topological polar surface area (TPSA) is 84.9 Å². The van der Waals surface area contributed by atoms with E-state index in [0.717, 1.165) is 18.6 Å². The van der Waals surface area contributed by atoms with E-state index in [1.54, 1.807) is 0 Å². The molecule has 0 radical (unpaired) electrons. The Labute approximate surface area is 154 Å². The Morgan fingerprint density at radius 1 is 1.27 bits per heavy atom. The third-order valence-electron chi connectivity index (χ3n) is 4.68. The lowest BCUT2D eigenvalue weighted by Gasteiger charge is -2.30. The Hall–Kier alpha value is -1.06. The summed E-state index contributed by atoms with van der Waals surface area (Å²) in [5, 5.41) is 10.6. The molecule has 0 spiro atoms. The van der Waals surface area contributed by atoms with Crippen LogP contribution in [0.15, 0.2) is 29.2 Å². The summed E-state index contributed by atoms with van der Waals surface area (Å²) in [6.45, 7) is 5.08. The van der Waals surface area contributed by atoms with E-state index in [1.165, 1.54) is 12.1 Å². The van der Waals surface area contributed by atoms with Crippen LogP contribution in [0.25, 0.3) is 0 Å². The summed E-state index contributed by atoms with van der Waals surface area (Å²) in [5.41, 5.74) is 0. The maximum absolute atomic E-state index is 13.0. The van der Waals surface area contributed by atoms with Gasteiger partial charge in [0.1, 0.15) is 5.82 Å². The molecule has 2 rings (SSSR count). The predicted octanol–water partition coefficient (Wildman–Crippen LogP) is 2.42. The maximum atomic E-state index is 13.0. The van der Waals surface area contributed by atoms with Gasteiger partial charge in [0.2, 0.25) is 10.0 Å². The number of halogens is 1. The predicted molar refractivity (Wildman–Crippen MR) is 95.5 cm³/mol. The lowest BCUT2D eigenvalue weighted by atomic mass is 9.93. The Morgan fingerprint density at radius 2 is 1.88 bits per heavy atom. The van der Waals surface area contributed by atoms with Gasteiger partial charge in [-0.05, 0) is 43.0 Å². The van der Waals surface area contributed by atoms with Crippen LogP contribution in [-0.2, 0) is 19.5 Å². The molecule has 1 aromatic carbocycles. The highest BCUT2D eigenvalue weighted by molar-refractivity contribution is 7.89. The van der Waals surface area contributed by atoms with Gasteiger partial charge >= 0.3 is 0 Å². The molecule has 1 fully saturated rings. The maximum Gasteiger partial charge on any atom is 0.240 e. The van der Waals surface area contributed by atoms with E-state index in [1.807, 2.05) is 13.8 Å². The highest BCUT2D eigenvalue weighted by Crippen LogP contribution is 2.21. The van der Waals surface area contributed by atoms with E-state index in [0.29, 0.717) is 32.5 Å². The van der Waals surface area contributed by atoms with Crippen LogP contribution in [-0.4, -0.2) is 45.2 Å². The summed E-state index contributed by atoms with van der Waals surface area (Å²) >= 11 is 0. The van der Waals surface area contributed by atoms with Crippen LogP contribution in [0.2, 0.25) is 0 Å². The monoisotopic (exact) mass is 389 g/mol. The number of aliphatic hydroxyl groups excluding tert-OH is 1. The number of hydrogen-bond acceptors (Lipinski definition) is 5. The lowest BCUT2D eigenvalue weighted by Crippen LogP contribution is -2.47. The van der Waals surface area contributed by atoms with Crippen molar-refractivity contribution in [1.29, 1.82) is 0 Å². The van der Waals surface area contributed by atoms with Crippen molar-refractivity contribution >= 4 is 10.0 Å². The van der Waals surface area contributed by atoms with Gasteiger partial charge in [-0.1, -0.05) is 20.3 Å². The number of aliphatic hydroxyl groups is 1. The van der Waals surface area contributed by atoms with Crippen LogP contribution in [0.4, 0.5) is 4.39 Å². The lowest BCUT2D eigenvalue weighted by molar-refractivity contribution is -0.184. The van der Waals surface area contributed by atoms with E-state index in [9.17, 15) is 17.9 Å².